The first kappa shape index (κ1) is 21.5. The molecule has 8 heteroatoms. The van der Waals surface area contributed by atoms with Crippen LogP contribution < -0.4 is 10.1 Å². The van der Waals surface area contributed by atoms with Crippen LogP contribution in [-0.2, 0) is 16.1 Å². The predicted octanol–water partition coefficient (Wildman–Crippen LogP) is 5.09. The van der Waals surface area contributed by atoms with Gasteiger partial charge >= 0.3 is 5.97 Å². The molecule has 0 aliphatic heterocycles. The number of benzene rings is 3. The SMILES string of the molecule is CCC(=O)Nc1ccccc1C(=O)OCc1ccc(Oc2ccc([N+](=O)[O-])cc2)cc1. The molecule has 0 aromatic heterocycles. The molecule has 0 saturated heterocycles. The van der Waals surface area contributed by atoms with Gasteiger partial charge in [-0.2, -0.15) is 0 Å². The maximum Gasteiger partial charge on any atom is 0.340 e. The van der Waals surface area contributed by atoms with E-state index in [-0.39, 0.29) is 23.8 Å². The van der Waals surface area contributed by atoms with E-state index in [2.05, 4.69) is 5.32 Å². The van der Waals surface area contributed by atoms with Crippen LogP contribution in [0.4, 0.5) is 11.4 Å². The Morgan fingerprint density at radius 1 is 0.935 bits per heavy atom. The van der Waals surface area contributed by atoms with Crippen molar-refractivity contribution in [2.75, 3.05) is 5.32 Å². The number of nitrogens with zero attached hydrogens (tertiary/aromatic N) is 1. The molecule has 0 aliphatic carbocycles. The van der Waals surface area contributed by atoms with Crippen molar-refractivity contribution in [3.63, 3.8) is 0 Å². The van der Waals surface area contributed by atoms with E-state index in [1.807, 2.05) is 0 Å². The molecule has 1 N–H and O–H groups in total. The minimum atomic E-state index is -0.543. The van der Waals surface area contributed by atoms with Crippen LogP contribution in [0.3, 0.4) is 0 Å². The third-order valence-electron chi connectivity index (χ3n) is 4.32. The molecule has 0 atom stereocenters. The smallest absolute Gasteiger partial charge is 0.340 e. The van der Waals surface area contributed by atoms with Crippen LogP contribution in [0.2, 0.25) is 0 Å². The van der Waals surface area contributed by atoms with Gasteiger partial charge in [0.2, 0.25) is 5.91 Å². The Kier molecular flexibility index (Phi) is 6.95. The summed E-state index contributed by atoms with van der Waals surface area (Å²) in [7, 11) is 0. The highest BCUT2D eigenvalue weighted by molar-refractivity contribution is 6.01. The second kappa shape index (κ2) is 10.0. The highest BCUT2D eigenvalue weighted by Crippen LogP contribution is 2.24. The lowest BCUT2D eigenvalue weighted by atomic mass is 10.1. The van der Waals surface area contributed by atoms with E-state index in [1.54, 1.807) is 55.5 Å². The molecule has 8 nitrogen and oxygen atoms in total. The van der Waals surface area contributed by atoms with Gasteiger partial charge in [0.25, 0.3) is 5.69 Å². The van der Waals surface area contributed by atoms with Gasteiger partial charge in [-0.3, -0.25) is 14.9 Å². The van der Waals surface area contributed by atoms with Gasteiger partial charge in [0.05, 0.1) is 16.2 Å². The van der Waals surface area contributed by atoms with Crippen molar-refractivity contribution in [1.82, 2.24) is 0 Å². The van der Waals surface area contributed by atoms with Crippen LogP contribution in [0.5, 0.6) is 11.5 Å². The standard InChI is InChI=1S/C23H20N2O6/c1-2-22(26)24-21-6-4-3-5-20(21)23(27)30-15-16-7-11-18(12-8-16)31-19-13-9-17(10-14-19)25(28)29/h3-14H,2,15H2,1H3,(H,24,26). The summed E-state index contributed by atoms with van der Waals surface area (Å²) in [6.45, 7) is 1.78. The van der Waals surface area contributed by atoms with Crippen LogP contribution in [0.15, 0.2) is 72.8 Å². The van der Waals surface area contributed by atoms with E-state index in [1.165, 1.54) is 24.3 Å². The summed E-state index contributed by atoms with van der Waals surface area (Å²) in [4.78, 5) is 34.3. The van der Waals surface area contributed by atoms with Crippen molar-refractivity contribution >= 4 is 23.3 Å². The first-order valence-corrected chi connectivity index (χ1v) is 9.53. The Hall–Kier alpha value is -4.20. The zero-order valence-electron chi connectivity index (χ0n) is 16.7. The average molecular weight is 420 g/mol. The van der Waals surface area contributed by atoms with Gasteiger partial charge in [0, 0.05) is 18.6 Å². The van der Waals surface area contributed by atoms with Crippen molar-refractivity contribution in [1.29, 1.82) is 0 Å². The van der Waals surface area contributed by atoms with Crippen molar-refractivity contribution < 1.29 is 24.0 Å². The largest absolute Gasteiger partial charge is 0.457 e. The summed E-state index contributed by atoms with van der Waals surface area (Å²) in [5.41, 5.74) is 1.42. The number of hydrogen-bond acceptors (Lipinski definition) is 6. The summed E-state index contributed by atoms with van der Waals surface area (Å²) >= 11 is 0. The van der Waals surface area contributed by atoms with Crippen molar-refractivity contribution in [3.05, 3.63) is 94.0 Å². The van der Waals surface area contributed by atoms with Gasteiger partial charge < -0.3 is 14.8 Å². The fourth-order valence-electron chi connectivity index (χ4n) is 2.66. The second-order valence-electron chi connectivity index (χ2n) is 6.52. The number of rotatable bonds is 8. The Balaban J connectivity index is 1.59. The average Bonchev–Trinajstić information content (AvgIpc) is 2.79. The summed E-state index contributed by atoms with van der Waals surface area (Å²) in [5.74, 6) is 0.272. The number of anilines is 1. The minimum Gasteiger partial charge on any atom is -0.457 e. The summed E-state index contributed by atoms with van der Waals surface area (Å²) in [5, 5.41) is 13.4. The predicted molar refractivity (Wildman–Crippen MR) is 114 cm³/mol. The first-order chi connectivity index (χ1) is 15.0. The van der Waals surface area contributed by atoms with Gasteiger partial charge in [-0.25, -0.2) is 4.79 Å². The lowest BCUT2D eigenvalue weighted by Gasteiger charge is -2.11. The van der Waals surface area contributed by atoms with Crippen LogP contribution in [0.1, 0.15) is 29.3 Å². The molecule has 0 unspecified atom stereocenters. The van der Waals surface area contributed by atoms with Gasteiger partial charge in [-0.15, -0.1) is 0 Å². The molecule has 1 amide bonds. The molecule has 0 saturated carbocycles. The number of amides is 1. The molecule has 3 aromatic rings. The zero-order chi connectivity index (χ0) is 22.2. The molecule has 31 heavy (non-hydrogen) atoms. The van der Waals surface area contributed by atoms with E-state index in [4.69, 9.17) is 9.47 Å². The quantitative estimate of drug-likeness (QED) is 0.309. The van der Waals surface area contributed by atoms with Crippen LogP contribution >= 0.6 is 0 Å². The topological polar surface area (TPSA) is 108 Å². The van der Waals surface area contributed by atoms with E-state index in [0.29, 0.717) is 23.6 Å². The molecule has 0 radical (unpaired) electrons. The van der Waals surface area contributed by atoms with Crippen molar-refractivity contribution in [3.8, 4) is 11.5 Å². The van der Waals surface area contributed by atoms with Crippen molar-refractivity contribution in [2.45, 2.75) is 20.0 Å². The maximum absolute atomic E-state index is 12.4. The molecule has 0 bridgehead atoms. The summed E-state index contributed by atoms with van der Waals surface area (Å²) in [6.07, 6.45) is 0.303. The molecule has 158 valence electrons. The number of carbonyl (C=O) groups is 2. The lowest BCUT2D eigenvalue weighted by Crippen LogP contribution is -2.14. The minimum absolute atomic E-state index is 0.0136. The third-order valence-corrected chi connectivity index (χ3v) is 4.32. The number of hydrogen-bond donors (Lipinski definition) is 1. The fourth-order valence-corrected chi connectivity index (χ4v) is 2.66. The number of nitrogens with one attached hydrogen (secondary N) is 1. The number of ether oxygens (including phenoxy) is 2. The number of nitro groups is 1. The van der Waals surface area contributed by atoms with E-state index in [9.17, 15) is 19.7 Å². The third kappa shape index (κ3) is 5.89. The Bertz CT molecular complexity index is 1080. The highest BCUT2D eigenvalue weighted by atomic mass is 16.6. The van der Waals surface area contributed by atoms with Crippen molar-refractivity contribution in [2.24, 2.45) is 0 Å². The number of nitro benzene ring substituents is 1. The molecule has 3 rings (SSSR count). The van der Waals surface area contributed by atoms with Gasteiger partial charge in [-0.05, 0) is 42.0 Å². The van der Waals surface area contributed by atoms with Gasteiger partial charge in [0.15, 0.2) is 0 Å². The molecule has 0 fully saturated rings. The molecule has 0 aliphatic rings. The fraction of sp³-hybridized carbons (Fsp3) is 0.130. The monoisotopic (exact) mass is 420 g/mol. The Labute approximate surface area is 178 Å². The number of para-hydroxylation sites is 1. The molecule has 0 heterocycles. The van der Waals surface area contributed by atoms with Crippen LogP contribution in [0.25, 0.3) is 0 Å². The van der Waals surface area contributed by atoms with E-state index in [0.717, 1.165) is 5.56 Å². The molecular weight excluding hydrogens is 400 g/mol. The van der Waals surface area contributed by atoms with Gasteiger partial charge in [-0.1, -0.05) is 31.2 Å². The summed E-state index contributed by atoms with van der Waals surface area (Å²) in [6, 6.07) is 19.3. The van der Waals surface area contributed by atoms with Gasteiger partial charge in [0.1, 0.15) is 18.1 Å². The number of carbonyl (C=O) groups excluding carboxylic acids is 2. The normalized spacial score (nSPS) is 10.2. The summed E-state index contributed by atoms with van der Waals surface area (Å²) < 4.78 is 11.0. The van der Waals surface area contributed by atoms with Crippen LogP contribution in [-0.4, -0.2) is 16.8 Å². The first-order valence-electron chi connectivity index (χ1n) is 9.53. The highest BCUT2D eigenvalue weighted by Gasteiger charge is 2.14. The Morgan fingerprint density at radius 2 is 1.55 bits per heavy atom. The zero-order valence-corrected chi connectivity index (χ0v) is 16.7. The molecule has 0 spiro atoms. The lowest BCUT2D eigenvalue weighted by molar-refractivity contribution is -0.384. The van der Waals surface area contributed by atoms with E-state index >= 15 is 0 Å². The Morgan fingerprint density at radius 3 is 2.16 bits per heavy atom. The maximum atomic E-state index is 12.4. The molecular formula is C23H20N2O6. The number of non-ortho nitro benzene ring substituents is 1. The number of esters is 1. The molecule has 3 aromatic carbocycles. The van der Waals surface area contributed by atoms with E-state index < -0.39 is 10.9 Å². The second-order valence-corrected chi connectivity index (χ2v) is 6.52. The van der Waals surface area contributed by atoms with Crippen LogP contribution in [0, 0.1) is 10.1 Å².